The maximum atomic E-state index is 13.0. The summed E-state index contributed by atoms with van der Waals surface area (Å²) < 4.78 is 91.4. The molecule has 4 heterocycles. The molecule has 4 saturated carbocycles. The van der Waals surface area contributed by atoms with Crippen molar-refractivity contribution in [1.82, 2.24) is 0 Å². The van der Waals surface area contributed by atoms with Crippen molar-refractivity contribution in [2.45, 2.75) is 209 Å². The minimum atomic E-state index is -5.86. The highest BCUT2D eigenvalue weighted by Crippen LogP contribution is 2.71. The zero-order valence-corrected chi connectivity index (χ0v) is 57.8. The van der Waals surface area contributed by atoms with Gasteiger partial charge in [-0.3, -0.25) is 28.8 Å². The second-order valence-electron chi connectivity index (χ2n) is 28.7. The van der Waals surface area contributed by atoms with Crippen LogP contribution in [0, 0.1) is 63.1 Å². The van der Waals surface area contributed by atoms with Gasteiger partial charge in [0.2, 0.25) is 5.43 Å². The Morgan fingerprint density at radius 1 is 0.656 bits per heavy atom. The lowest BCUT2D eigenvalue weighted by molar-refractivity contribution is -0.183. The van der Waals surface area contributed by atoms with Gasteiger partial charge in [-0.2, -0.15) is 8.78 Å². The second kappa shape index (κ2) is 28.2. The molecule has 1 N–H and O–H groups in total. The van der Waals surface area contributed by atoms with Crippen LogP contribution in [0.4, 0.5) is 8.78 Å². The molecule has 3 saturated heterocycles. The van der Waals surface area contributed by atoms with Crippen LogP contribution in [0.25, 0.3) is 25.1 Å². The van der Waals surface area contributed by atoms with E-state index in [1.54, 1.807) is 19.1 Å². The fourth-order valence-electron chi connectivity index (χ4n) is 13.9. The number of fused-ring (bicyclic) bond motifs is 12. The first-order valence-corrected chi connectivity index (χ1v) is 35.5. The number of hydrogen-bond acceptors (Lipinski definition) is 16. The van der Waals surface area contributed by atoms with Crippen LogP contribution in [0.5, 0.6) is 11.5 Å². The third-order valence-electron chi connectivity index (χ3n) is 21.4. The number of phenolic OH excluding ortho intramolecular Hbond substituents is 1. The van der Waals surface area contributed by atoms with Gasteiger partial charge in [-0.25, -0.2) is 8.42 Å². The van der Waals surface area contributed by atoms with E-state index in [2.05, 4.69) is 55.0 Å². The summed E-state index contributed by atoms with van der Waals surface area (Å²) in [5, 5.41) is 6.10. The molecule has 7 aliphatic rings. The number of hydrogen-bond donors (Lipinski definition) is 1. The predicted molar refractivity (Wildman–Crippen MR) is 351 cm³/mol. The standard InChI is InChI=1S/C20H32O2.C19H13OS.C13H18O5.C12H16O3.C9H16F2O5S/c1-5-19(3,4)18(21)22-20(6-2)11-14-10-15(20)17-13-8-7-12(9-13)16(14)17;20-19-15-10-4-6-12-17(15)21(14-8-2-1-3-9-14)18-13-7-5-11-16(18)19;1-4-13(2,3)12(15)18-9-7-5-6-8(16-7)10(9)17-11(6)14;1-4-12(2,3)11(14)15-10-7-5-9(13)6-8-10;1-5-8(3,4)7(12)16-6(2)9(10,11)17(13,14)15/h12-17H,5-11H2,1-4H3;1-13H;6-10H,4-5H2,1-3H3;5-8,13H,4H2,1-3H3;6H,5H2,1-4H3,(H,13,14,15)/q;+1;;;/p-1. The normalized spacial score (nSPS) is 26.6. The minimum Gasteiger partial charge on any atom is -0.743 e. The van der Waals surface area contributed by atoms with E-state index in [4.69, 9.17) is 28.8 Å². The predicted octanol–water partition coefficient (Wildman–Crippen LogP) is 15.2. The Morgan fingerprint density at radius 2 is 1.16 bits per heavy atom. The van der Waals surface area contributed by atoms with Crippen LogP contribution in [-0.4, -0.2) is 89.3 Å². The van der Waals surface area contributed by atoms with Gasteiger partial charge in [0.15, 0.2) is 42.7 Å². The van der Waals surface area contributed by atoms with Crippen LogP contribution < -0.4 is 10.2 Å². The highest BCUT2D eigenvalue weighted by atomic mass is 32.2. The van der Waals surface area contributed by atoms with Gasteiger partial charge < -0.3 is 38.1 Å². The number of carbonyl (C=O) groups is 5. The first-order valence-electron chi connectivity index (χ1n) is 32.9. The molecule has 5 aromatic rings. The first kappa shape index (κ1) is 72.5. The number of benzene rings is 4. The monoisotopic (exact) mass is 1330 g/mol. The van der Waals surface area contributed by atoms with Crippen LogP contribution in [0.2, 0.25) is 0 Å². The summed E-state index contributed by atoms with van der Waals surface area (Å²) in [5.74, 6) is 4.19. The summed E-state index contributed by atoms with van der Waals surface area (Å²) in [5.41, 5.74) is -2.32. The molecule has 0 radical (unpaired) electrons. The number of ether oxygens (including phenoxy) is 6. The summed E-state index contributed by atoms with van der Waals surface area (Å²) in [6, 6.07) is 32.5. The Balaban J connectivity index is 0.000000151. The lowest BCUT2D eigenvalue weighted by Gasteiger charge is -2.46. The molecule has 4 aromatic carbocycles. The van der Waals surface area contributed by atoms with Crippen molar-refractivity contribution < 1.29 is 79.3 Å². The van der Waals surface area contributed by atoms with Gasteiger partial charge in [-0.15, -0.1) is 0 Å². The zero-order chi connectivity index (χ0) is 68.6. The molecule has 1 aromatic heterocycles. The number of phenols is 1. The Hall–Kier alpha value is -6.35. The molecule has 93 heavy (non-hydrogen) atoms. The molecule has 12 rings (SSSR count). The quantitative estimate of drug-likeness (QED) is 0.0184. The molecule has 0 amide bonds. The summed E-state index contributed by atoms with van der Waals surface area (Å²) in [6.07, 6.45) is 7.66. The Morgan fingerprint density at radius 3 is 1.70 bits per heavy atom. The first-order chi connectivity index (χ1) is 43.5. The van der Waals surface area contributed by atoms with Crippen LogP contribution in [-0.2, 0) is 57.8 Å². The van der Waals surface area contributed by atoms with E-state index in [1.165, 1.54) is 56.6 Å². The maximum Gasteiger partial charge on any atom is 0.369 e. The van der Waals surface area contributed by atoms with E-state index >= 15 is 0 Å². The van der Waals surface area contributed by atoms with E-state index in [1.807, 2.05) is 97.9 Å². The molecule has 6 bridgehead atoms. The van der Waals surface area contributed by atoms with Gasteiger partial charge in [0, 0.05) is 16.4 Å². The summed E-state index contributed by atoms with van der Waals surface area (Å²) in [4.78, 5) is 73.4. The Bertz CT molecular complexity index is 3630. The molecule has 16 nitrogen and oxygen atoms in total. The van der Waals surface area contributed by atoms with Crippen molar-refractivity contribution in [2.75, 3.05) is 0 Å². The average molecular weight is 1330 g/mol. The average Bonchev–Trinajstić information content (AvgIpc) is 1.55. The van der Waals surface area contributed by atoms with E-state index in [-0.39, 0.29) is 74.7 Å². The van der Waals surface area contributed by atoms with Crippen LogP contribution in [0.3, 0.4) is 0 Å². The molecular formula is C73H94F2O16S2. The van der Waals surface area contributed by atoms with Gasteiger partial charge in [-0.05, 0) is 223 Å². The fraction of sp³-hybridized carbons (Fsp3) is 0.589. The fourth-order valence-corrected chi connectivity index (χ4v) is 16.8. The van der Waals surface area contributed by atoms with Crippen molar-refractivity contribution in [1.29, 1.82) is 0 Å². The smallest absolute Gasteiger partial charge is 0.369 e. The number of halogens is 2. The second-order valence-corrected chi connectivity index (χ2v) is 32.1. The number of aromatic hydroxyl groups is 1. The molecule has 13 atom stereocenters. The van der Waals surface area contributed by atoms with Gasteiger partial charge >= 0.3 is 35.1 Å². The summed E-state index contributed by atoms with van der Waals surface area (Å²) in [7, 11) is -6.06. The van der Waals surface area contributed by atoms with Gasteiger partial charge in [-0.1, -0.05) is 77.1 Å². The third kappa shape index (κ3) is 14.9. The van der Waals surface area contributed by atoms with E-state index < -0.39 is 55.9 Å². The SMILES string of the molecule is CCC(C)(C)C(=O)OC(C)C(F)(F)S(=O)(=O)[O-].CCC(C)(C)C(=O)OC1(CC)CC2CC1C1C3CCC(C3)C21.CCC(C)(C)C(=O)OC1C2CC3C(=O)OC1C3O2.CCC(C)(C)C(=O)Oc1ccc(O)cc1.O=c1c2ccccc2[s+](-c2ccccc2)c2ccccc12. The molecule has 3 aliphatic heterocycles. The van der Waals surface area contributed by atoms with Crippen LogP contribution in [0.1, 0.15) is 168 Å². The van der Waals surface area contributed by atoms with Crippen molar-refractivity contribution in [3.05, 3.63) is 113 Å². The largest absolute Gasteiger partial charge is 0.743 e. The van der Waals surface area contributed by atoms with Crippen LogP contribution >= 0.6 is 10.5 Å². The van der Waals surface area contributed by atoms with E-state index in [0.717, 1.165) is 75.4 Å². The summed E-state index contributed by atoms with van der Waals surface area (Å²) in [6.45, 7) is 24.9. The van der Waals surface area contributed by atoms with Crippen molar-refractivity contribution in [3.8, 4) is 16.4 Å². The Labute approximate surface area is 548 Å². The highest BCUT2D eigenvalue weighted by molar-refractivity contribution is 7.86. The number of esters is 5. The molecule has 20 heteroatoms. The number of rotatable bonds is 16. The number of carbonyl (C=O) groups excluding carboxylic acids is 5. The highest BCUT2D eigenvalue weighted by Gasteiger charge is 2.68. The zero-order valence-electron chi connectivity index (χ0n) is 56.2. The molecular weight excluding hydrogens is 1230 g/mol. The Kier molecular flexibility index (Phi) is 21.9. The lowest BCUT2D eigenvalue weighted by Crippen LogP contribution is -2.49. The third-order valence-corrected chi connectivity index (χ3v) is 24.7. The van der Waals surface area contributed by atoms with Crippen molar-refractivity contribution in [2.24, 2.45) is 63.1 Å². The van der Waals surface area contributed by atoms with Gasteiger partial charge in [0.1, 0.15) is 23.2 Å². The van der Waals surface area contributed by atoms with Crippen LogP contribution in [0.15, 0.2) is 108 Å². The molecule has 13 unspecified atom stereocenters. The van der Waals surface area contributed by atoms with E-state index in [0.29, 0.717) is 37.9 Å². The molecule has 7 fully saturated rings. The van der Waals surface area contributed by atoms with Gasteiger partial charge in [0.25, 0.3) is 0 Å². The molecule has 0 spiro atoms. The minimum absolute atomic E-state index is 0.0455. The molecule has 508 valence electrons. The van der Waals surface area contributed by atoms with Crippen molar-refractivity contribution in [3.63, 3.8) is 0 Å². The number of alkyl halides is 2. The maximum absolute atomic E-state index is 13.0. The van der Waals surface area contributed by atoms with E-state index in [9.17, 15) is 50.5 Å². The summed E-state index contributed by atoms with van der Waals surface area (Å²) >= 11 is 0. The molecule has 4 aliphatic carbocycles. The lowest BCUT2D eigenvalue weighted by atomic mass is 9.65. The topological polar surface area (TPSA) is 235 Å². The van der Waals surface area contributed by atoms with Gasteiger partial charge in [0.05, 0.1) is 44.5 Å². The van der Waals surface area contributed by atoms with Crippen molar-refractivity contribution >= 4 is 70.6 Å².